The molecule has 4 rings (SSSR count). The summed E-state index contributed by atoms with van der Waals surface area (Å²) in [5, 5.41) is 10.0. The summed E-state index contributed by atoms with van der Waals surface area (Å²) in [6.07, 6.45) is 0. The molecule has 0 aliphatic carbocycles. The van der Waals surface area contributed by atoms with Crippen LogP contribution in [0.15, 0.2) is 102 Å². The van der Waals surface area contributed by atoms with Crippen molar-refractivity contribution in [1.29, 1.82) is 0 Å². The molecule has 2 nitrogen and oxygen atoms in total. The average Bonchev–Trinajstić information content (AvgIpc) is 2.75. The van der Waals surface area contributed by atoms with Gasteiger partial charge in [-0.05, 0) is 35.4 Å². The Morgan fingerprint density at radius 1 is 0.667 bits per heavy atom. The normalized spacial score (nSPS) is 10.1. The van der Waals surface area contributed by atoms with Crippen LogP contribution in [0.3, 0.4) is 0 Å². The van der Waals surface area contributed by atoms with Crippen molar-refractivity contribution in [3.8, 4) is 22.3 Å². The zero-order valence-corrected chi connectivity index (χ0v) is 18.8. The fourth-order valence-electron chi connectivity index (χ4n) is 2.84. The Hall–Kier alpha value is -2.59. The Morgan fingerprint density at radius 2 is 1.13 bits per heavy atom. The third kappa shape index (κ3) is 5.73. The van der Waals surface area contributed by atoms with E-state index in [1.807, 2.05) is 66.7 Å². The van der Waals surface area contributed by atoms with Gasteiger partial charge in [-0.3, -0.25) is 0 Å². The predicted octanol–water partition coefficient (Wildman–Crippen LogP) is 8.47. The van der Waals surface area contributed by atoms with E-state index in [-0.39, 0.29) is 5.56 Å². The molecule has 0 radical (unpaired) electrons. The Bertz CT molecular complexity index is 1150. The highest BCUT2D eigenvalue weighted by molar-refractivity contribution is 9.10. The molecule has 0 fully saturated rings. The van der Waals surface area contributed by atoms with Crippen LogP contribution in [0.4, 0.5) is 0 Å². The molecule has 0 unspecified atom stereocenters. The standard InChI is InChI=1S/C13H9ClO2.C12H8BrCl/c14-12-8-10(13(15)16)6-7-11(12)9-4-2-1-3-5-9;13-10-6-7-11(12(14)8-10)9-4-2-1-3-5-9/h1-8H,(H,15,16);1-8H. The van der Waals surface area contributed by atoms with E-state index in [1.165, 1.54) is 6.07 Å². The lowest BCUT2D eigenvalue weighted by Gasteiger charge is -2.05. The number of carboxylic acids is 1. The van der Waals surface area contributed by atoms with Crippen molar-refractivity contribution in [2.75, 3.05) is 0 Å². The molecule has 5 heteroatoms. The molecule has 0 amide bonds. The van der Waals surface area contributed by atoms with Gasteiger partial charge in [0.2, 0.25) is 0 Å². The van der Waals surface area contributed by atoms with E-state index in [0.717, 1.165) is 31.7 Å². The first kappa shape index (κ1) is 22.1. The predicted molar refractivity (Wildman–Crippen MR) is 128 cm³/mol. The quantitative estimate of drug-likeness (QED) is 0.307. The first-order chi connectivity index (χ1) is 14.5. The molecule has 0 saturated carbocycles. The Kier molecular flexibility index (Phi) is 7.69. The molecule has 4 aromatic rings. The lowest BCUT2D eigenvalue weighted by Crippen LogP contribution is -1.95. The number of hydrogen-bond acceptors (Lipinski definition) is 1. The monoisotopic (exact) mass is 498 g/mol. The number of carboxylic acid groups (broad SMARTS) is 1. The van der Waals surface area contributed by atoms with Gasteiger partial charge in [0.05, 0.1) is 5.56 Å². The maximum atomic E-state index is 10.7. The van der Waals surface area contributed by atoms with Crippen molar-refractivity contribution in [3.05, 3.63) is 117 Å². The number of halogens is 3. The fourth-order valence-corrected chi connectivity index (χ4v) is 3.91. The minimum absolute atomic E-state index is 0.199. The third-order valence-electron chi connectivity index (χ3n) is 4.32. The van der Waals surface area contributed by atoms with Gasteiger partial charge in [0.1, 0.15) is 0 Å². The van der Waals surface area contributed by atoms with Crippen LogP contribution in [0.2, 0.25) is 10.0 Å². The van der Waals surface area contributed by atoms with Crippen LogP contribution in [0.25, 0.3) is 22.3 Å². The van der Waals surface area contributed by atoms with Crippen molar-refractivity contribution in [3.63, 3.8) is 0 Å². The highest BCUT2D eigenvalue weighted by Crippen LogP contribution is 2.30. The fraction of sp³-hybridized carbons (Fsp3) is 0. The Morgan fingerprint density at radius 3 is 1.57 bits per heavy atom. The molecule has 4 aromatic carbocycles. The summed E-state index contributed by atoms with van der Waals surface area (Å²) >= 11 is 15.6. The molecular weight excluding hydrogens is 483 g/mol. The van der Waals surface area contributed by atoms with Crippen molar-refractivity contribution < 1.29 is 9.90 Å². The molecule has 0 aromatic heterocycles. The van der Waals surface area contributed by atoms with E-state index in [0.29, 0.717) is 5.02 Å². The van der Waals surface area contributed by atoms with E-state index < -0.39 is 5.97 Å². The van der Waals surface area contributed by atoms with E-state index >= 15 is 0 Å². The van der Waals surface area contributed by atoms with Crippen LogP contribution in [0.5, 0.6) is 0 Å². The molecule has 0 saturated heterocycles. The van der Waals surface area contributed by atoms with Crippen molar-refractivity contribution in [2.24, 2.45) is 0 Å². The molecule has 0 heterocycles. The molecular formula is C25H17BrCl2O2. The molecule has 30 heavy (non-hydrogen) atoms. The van der Waals surface area contributed by atoms with E-state index in [9.17, 15) is 4.79 Å². The van der Waals surface area contributed by atoms with Gasteiger partial charge in [0, 0.05) is 25.6 Å². The number of aromatic carboxylic acids is 1. The van der Waals surface area contributed by atoms with Crippen LogP contribution in [0, 0.1) is 0 Å². The lowest BCUT2D eigenvalue weighted by molar-refractivity contribution is 0.0697. The van der Waals surface area contributed by atoms with Crippen molar-refractivity contribution >= 4 is 45.1 Å². The summed E-state index contributed by atoms with van der Waals surface area (Å²) in [5.41, 5.74) is 4.22. The van der Waals surface area contributed by atoms with Gasteiger partial charge in [-0.25, -0.2) is 4.79 Å². The van der Waals surface area contributed by atoms with Crippen LogP contribution >= 0.6 is 39.1 Å². The zero-order chi connectivity index (χ0) is 21.5. The minimum atomic E-state index is -0.971. The first-order valence-corrected chi connectivity index (χ1v) is 10.6. The van der Waals surface area contributed by atoms with E-state index in [1.54, 1.807) is 12.1 Å². The van der Waals surface area contributed by atoms with Crippen molar-refractivity contribution in [1.82, 2.24) is 0 Å². The van der Waals surface area contributed by atoms with Crippen LogP contribution < -0.4 is 0 Å². The zero-order valence-electron chi connectivity index (χ0n) is 15.7. The average molecular weight is 500 g/mol. The van der Waals surface area contributed by atoms with E-state index in [4.69, 9.17) is 28.3 Å². The van der Waals surface area contributed by atoms with Gasteiger partial charge < -0.3 is 5.11 Å². The first-order valence-electron chi connectivity index (χ1n) is 9.04. The molecule has 0 atom stereocenters. The second kappa shape index (κ2) is 10.4. The summed E-state index contributed by atoms with van der Waals surface area (Å²) < 4.78 is 1.00. The maximum absolute atomic E-state index is 10.7. The number of benzene rings is 4. The van der Waals surface area contributed by atoms with Gasteiger partial charge in [-0.15, -0.1) is 0 Å². The molecule has 150 valence electrons. The summed E-state index contributed by atoms with van der Waals surface area (Å²) in [7, 11) is 0. The number of carbonyl (C=O) groups is 1. The summed E-state index contributed by atoms with van der Waals surface area (Å²) in [4.78, 5) is 10.7. The maximum Gasteiger partial charge on any atom is 0.335 e. The highest BCUT2D eigenvalue weighted by Gasteiger charge is 2.08. The number of hydrogen-bond donors (Lipinski definition) is 1. The highest BCUT2D eigenvalue weighted by atomic mass is 79.9. The minimum Gasteiger partial charge on any atom is -0.478 e. The third-order valence-corrected chi connectivity index (χ3v) is 5.44. The lowest BCUT2D eigenvalue weighted by atomic mass is 10.0. The molecule has 0 aliphatic heterocycles. The van der Waals surface area contributed by atoms with Crippen LogP contribution in [-0.2, 0) is 0 Å². The second-order valence-electron chi connectivity index (χ2n) is 6.36. The summed E-state index contributed by atoms with van der Waals surface area (Å²) in [6, 6.07) is 30.4. The van der Waals surface area contributed by atoms with Gasteiger partial charge in [0.15, 0.2) is 0 Å². The van der Waals surface area contributed by atoms with Gasteiger partial charge in [0.25, 0.3) is 0 Å². The number of rotatable bonds is 3. The SMILES string of the molecule is Clc1cc(Br)ccc1-c1ccccc1.O=C(O)c1ccc(-c2ccccc2)c(Cl)c1. The smallest absolute Gasteiger partial charge is 0.335 e. The Labute approximate surface area is 193 Å². The largest absolute Gasteiger partial charge is 0.478 e. The van der Waals surface area contributed by atoms with Crippen LogP contribution in [0.1, 0.15) is 10.4 Å². The van der Waals surface area contributed by atoms with Gasteiger partial charge in [-0.1, -0.05) is 112 Å². The molecule has 0 spiro atoms. The molecule has 0 bridgehead atoms. The summed E-state index contributed by atoms with van der Waals surface area (Å²) in [5.74, 6) is -0.971. The molecule has 0 aliphatic rings. The Balaban J connectivity index is 0.000000172. The van der Waals surface area contributed by atoms with Crippen molar-refractivity contribution in [2.45, 2.75) is 0 Å². The van der Waals surface area contributed by atoms with Gasteiger partial charge in [-0.2, -0.15) is 0 Å². The second-order valence-corrected chi connectivity index (χ2v) is 8.09. The van der Waals surface area contributed by atoms with E-state index in [2.05, 4.69) is 28.1 Å². The summed E-state index contributed by atoms with van der Waals surface area (Å²) in [6.45, 7) is 0. The van der Waals surface area contributed by atoms with Crippen LogP contribution in [-0.4, -0.2) is 11.1 Å². The molecule has 1 N–H and O–H groups in total. The van der Waals surface area contributed by atoms with Gasteiger partial charge >= 0.3 is 5.97 Å². The topological polar surface area (TPSA) is 37.3 Å².